The zero-order chi connectivity index (χ0) is 14.3. The molecule has 0 spiro atoms. The lowest BCUT2D eigenvalue weighted by Gasteiger charge is -2.19. The summed E-state index contributed by atoms with van der Waals surface area (Å²) in [5.41, 5.74) is 4.95. The molecule has 1 rings (SSSR count). The molecule has 3 amide bonds. The number of rotatable bonds is 7. The number of amides is 3. The Kier molecular flexibility index (Phi) is 5.73. The number of aliphatic carboxylic acids is 1. The van der Waals surface area contributed by atoms with E-state index in [2.05, 4.69) is 10.3 Å². The van der Waals surface area contributed by atoms with Gasteiger partial charge in [-0.05, 0) is 0 Å². The van der Waals surface area contributed by atoms with Gasteiger partial charge in [-0.2, -0.15) is 0 Å². The maximum atomic E-state index is 11.7. The van der Waals surface area contributed by atoms with Crippen LogP contribution < -0.4 is 11.1 Å². The van der Waals surface area contributed by atoms with Gasteiger partial charge in [-0.3, -0.25) is 9.59 Å². The van der Waals surface area contributed by atoms with Gasteiger partial charge in [-0.1, -0.05) is 0 Å². The zero-order valence-corrected chi connectivity index (χ0v) is 10.9. The van der Waals surface area contributed by atoms with Gasteiger partial charge in [0.2, 0.25) is 5.91 Å². The van der Waals surface area contributed by atoms with Crippen LogP contribution in [0.4, 0.5) is 4.79 Å². The maximum absolute atomic E-state index is 11.7. The largest absolute Gasteiger partial charge is 0.480 e. The van der Waals surface area contributed by atoms with Crippen LogP contribution in [-0.2, 0) is 16.0 Å². The summed E-state index contributed by atoms with van der Waals surface area (Å²) in [6, 6.07) is -0.641. The minimum Gasteiger partial charge on any atom is -0.480 e. The second-order valence-electron chi connectivity index (χ2n) is 3.62. The number of nitrogens with zero attached hydrogens (tertiary/aromatic N) is 2. The molecule has 19 heavy (non-hydrogen) atoms. The number of carboxylic acids is 1. The van der Waals surface area contributed by atoms with Gasteiger partial charge >= 0.3 is 12.0 Å². The molecule has 8 nitrogen and oxygen atoms in total. The van der Waals surface area contributed by atoms with E-state index < -0.39 is 31.0 Å². The number of aromatic nitrogens is 1. The van der Waals surface area contributed by atoms with Crippen molar-refractivity contribution in [3.8, 4) is 0 Å². The third-order valence-corrected chi connectivity index (χ3v) is 2.90. The van der Waals surface area contributed by atoms with Crippen LogP contribution in [0.15, 0.2) is 11.6 Å². The highest BCUT2D eigenvalue weighted by atomic mass is 32.1. The quantitative estimate of drug-likeness (QED) is 0.609. The fourth-order valence-electron chi connectivity index (χ4n) is 1.32. The van der Waals surface area contributed by atoms with Crippen LogP contribution in [0.5, 0.6) is 0 Å². The van der Waals surface area contributed by atoms with Crippen LogP contribution in [0.3, 0.4) is 0 Å². The fraction of sp³-hybridized carbons (Fsp3) is 0.400. The van der Waals surface area contributed by atoms with E-state index in [0.717, 1.165) is 9.91 Å². The summed E-state index contributed by atoms with van der Waals surface area (Å²) >= 11 is 1.46. The van der Waals surface area contributed by atoms with Gasteiger partial charge in [0, 0.05) is 24.5 Å². The number of carboxylic acid groups (broad SMARTS) is 1. The van der Waals surface area contributed by atoms with Crippen molar-refractivity contribution in [2.24, 2.45) is 5.73 Å². The molecule has 1 aromatic rings. The van der Waals surface area contributed by atoms with Crippen LogP contribution in [0, 0.1) is 0 Å². The molecule has 0 saturated carbocycles. The molecule has 0 saturated heterocycles. The smallest absolute Gasteiger partial charge is 0.323 e. The van der Waals surface area contributed by atoms with Gasteiger partial charge in [0.15, 0.2) is 0 Å². The van der Waals surface area contributed by atoms with Crippen LogP contribution >= 0.6 is 11.3 Å². The molecule has 0 fully saturated rings. The van der Waals surface area contributed by atoms with E-state index in [4.69, 9.17) is 10.8 Å². The van der Waals surface area contributed by atoms with Crippen molar-refractivity contribution >= 4 is 29.2 Å². The zero-order valence-electron chi connectivity index (χ0n) is 10.0. The Bertz CT molecular complexity index is 432. The second-order valence-corrected chi connectivity index (χ2v) is 4.60. The van der Waals surface area contributed by atoms with E-state index in [1.54, 1.807) is 6.20 Å². The van der Waals surface area contributed by atoms with Crippen LogP contribution in [0.2, 0.25) is 0 Å². The Hall–Kier alpha value is -2.16. The molecule has 9 heteroatoms. The van der Waals surface area contributed by atoms with E-state index in [0.29, 0.717) is 13.0 Å². The number of hydrogen-bond donors (Lipinski definition) is 3. The number of primary amides is 1. The summed E-state index contributed by atoms with van der Waals surface area (Å²) in [4.78, 5) is 37.9. The average molecular weight is 286 g/mol. The molecular formula is C10H14N4O4S. The SMILES string of the molecule is NC(=O)CN(CC(=O)O)C(=O)NCCc1nccs1. The lowest BCUT2D eigenvalue weighted by Crippen LogP contribution is -2.47. The first-order chi connectivity index (χ1) is 8.99. The van der Waals surface area contributed by atoms with Crippen molar-refractivity contribution in [1.29, 1.82) is 0 Å². The monoisotopic (exact) mass is 286 g/mol. The van der Waals surface area contributed by atoms with Crippen LogP contribution in [-0.4, -0.2) is 52.5 Å². The van der Waals surface area contributed by atoms with Gasteiger partial charge < -0.3 is 21.1 Å². The molecule has 0 aliphatic heterocycles. The van der Waals surface area contributed by atoms with Crippen molar-refractivity contribution in [3.63, 3.8) is 0 Å². The first-order valence-corrected chi connectivity index (χ1v) is 6.28. The van der Waals surface area contributed by atoms with E-state index in [-0.39, 0.29) is 0 Å². The Labute approximate surface area is 113 Å². The summed E-state index contributed by atoms with van der Waals surface area (Å²) in [5, 5.41) is 13.8. The number of carbonyl (C=O) groups excluding carboxylic acids is 2. The number of carbonyl (C=O) groups is 3. The fourth-order valence-corrected chi connectivity index (χ4v) is 1.94. The average Bonchev–Trinajstić information content (AvgIpc) is 2.79. The molecule has 0 aromatic carbocycles. The standard InChI is InChI=1S/C10H14N4O4S/c11-7(15)5-14(6-9(16)17)10(18)13-2-1-8-12-3-4-19-8/h3-4H,1-2,5-6H2,(H2,11,15)(H,13,18)(H,16,17). The number of thiazole rings is 1. The molecule has 104 valence electrons. The van der Waals surface area contributed by atoms with Crippen molar-refractivity contribution in [3.05, 3.63) is 16.6 Å². The highest BCUT2D eigenvalue weighted by Gasteiger charge is 2.18. The van der Waals surface area contributed by atoms with E-state index in [1.165, 1.54) is 11.3 Å². The Morgan fingerprint density at radius 2 is 2.16 bits per heavy atom. The van der Waals surface area contributed by atoms with Crippen LogP contribution in [0.25, 0.3) is 0 Å². The predicted molar refractivity (Wildman–Crippen MR) is 67.6 cm³/mol. The summed E-state index contributed by atoms with van der Waals surface area (Å²) in [5.74, 6) is -1.98. The van der Waals surface area contributed by atoms with Gasteiger partial charge in [-0.15, -0.1) is 11.3 Å². The van der Waals surface area contributed by atoms with Crippen molar-refractivity contribution < 1.29 is 19.5 Å². The molecule has 0 aliphatic rings. The Morgan fingerprint density at radius 3 is 2.68 bits per heavy atom. The van der Waals surface area contributed by atoms with Gasteiger partial charge in [-0.25, -0.2) is 9.78 Å². The molecule has 0 atom stereocenters. The second kappa shape index (κ2) is 7.31. The van der Waals surface area contributed by atoms with Crippen molar-refractivity contribution in [2.45, 2.75) is 6.42 Å². The van der Waals surface area contributed by atoms with Crippen LogP contribution in [0.1, 0.15) is 5.01 Å². The first kappa shape index (κ1) is 14.9. The number of hydrogen-bond acceptors (Lipinski definition) is 5. The minimum atomic E-state index is -1.21. The Balaban J connectivity index is 2.42. The highest BCUT2D eigenvalue weighted by Crippen LogP contribution is 2.03. The summed E-state index contributed by atoms with van der Waals surface area (Å²) in [6.07, 6.45) is 2.20. The number of nitrogens with one attached hydrogen (secondary N) is 1. The topological polar surface area (TPSA) is 126 Å². The van der Waals surface area contributed by atoms with E-state index in [9.17, 15) is 14.4 Å². The normalized spacial score (nSPS) is 9.89. The maximum Gasteiger partial charge on any atom is 0.323 e. The van der Waals surface area contributed by atoms with Crippen molar-refractivity contribution in [2.75, 3.05) is 19.6 Å². The van der Waals surface area contributed by atoms with Gasteiger partial charge in [0.1, 0.15) is 13.1 Å². The first-order valence-electron chi connectivity index (χ1n) is 5.40. The van der Waals surface area contributed by atoms with Crippen molar-refractivity contribution in [1.82, 2.24) is 15.2 Å². The highest BCUT2D eigenvalue weighted by molar-refractivity contribution is 7.09. The van der Waals surface area contributed by atoms with Gasteiger partial charge in [0.25, 0.3) is 0 Å². The Morgan fingerprint density at radius 1 is 1.42 bits per heavy atom. The lowest BCUT2D eigenvalue weighted by molar-refractivity contribution is -0.137. The molecule has 1 heterocycles. The number of nitrogens with two attached hydrogens (primary N) is 1. The predicted octanol–water partition coefficient (Wildman–Crippen LogP) is -0.733. The molecule has 4 N–H and O–H groups in total. The molecule has 0 radical (unpaired) electrons. The molecule has 0 unspecified atom stereocenters. The summed E-state index contributed by atoms with van der Waals surface area (Å²) in [7, 11) is 0. The summed E-state index contributed by atoms with van der Waals surface area (Å²) in [6.45, 7) is -0.706. The number of urea groups is 1. The minimum absolute atomic E-state index is 0.307. The lowest BCUT2D eigenvalue weighted by atomic mass is 10.4. The molecule has 1 aromatic heterocycles. The third-order valence-electron chi connectivity index (χ3n) is 2.06. The third kappa shape index (κ3) is 5.82. The van der Waals surface area contributed by atoms with E-state index >= 15 is 0 Å². The molecule has 0 aliphatic carbocycles. The summed E-state index contributed by atoms with van der Waals surface area (Å²) < 4.78 is 0. The van der Waals surface area contributed by atoms with E-state index in [1.807, 2.05) is 5.38 Å². The van der Waals surface area contributed by atoms with Gasteiger partial charge in [0.05, 0.1) is 5.01 Å². The molecule has 0 bridgehead atoms. The molecular weight excluding hydrogens is 272 g/mol.